The van der Waals surface area contributed by atoms with Crippen LogP contribution in [0.1, 0.15) is 35.4 Å². The van der Waals surface area contributed by atoms with Crippen molar-refractivity contribution in [2.24, 2.45) is 5.10 Å². The Labute approximate surface area is 171 Å². The number of hydrazone groups is 1. The molecule has 2 atom stereocenters. The molecular weight excluding hydrogens is 424 g/mol. The molecule has 0 bridgehead atoms. The van der Waals surface area contributed by atoms with Crippen molar-refractivity contribution in [1.82, 2.24) is 5.01 Å². The van der Waals surface area contributed by atoms with Gasteiger partial charge in [0.15, 0.2) is 0 Å². The van der Waals surface area contributed by atoms with E-state index < -0.39 is 0 Å². The lowest BCUT2D eigenvalue weighted by atomic mass is 9.96. The van der Waals surface area contributed by atoms with Crippen molar-refractivity contribution in [2.45, 2.75) is 18.7 Å². The average Bonchev–Trinajstić information content (AvgIpc) is 3.14. The Morgan fingerprint density at radius 1 is 1.00 bits per heavy atom. The first-order chi connectivity index (χ1) is 13.2. The average molecular weight is 440 g/mol. The van der Waals surface area contributed by atoms with Crippen molar-refractivity contribution in [3.8, 4) is 5.75 Å². The van der Waals surface area contributed by atoms with Crippen LogP contribution in [0.5, 0.6) is 5.75 Å². The van der Waals surface area contributed by atoms with Crippen LogP contribution in [0.25, 0.3) is 0 Å². The zero-order valence-electron chi connectivity index (χ0n) is 14.3. The Morgan fingerprint density at radius 2 is 1.85 bits per heavy atom. The summed E-state index contributed by atoms with van der Waals surface area (Å²) in [5.74, 6) is 0.897. The Balaban J connectivity index is 1.62. The molecule has 3 aromatic rings. The summed E-state index contributed by atoms with van der Waals surface area (Å²) in [5, 5.41) is 7.73. The third-order valence-corrected chi connectivity index (χ3v) is 5.72. The van der Waals surface area contributed by atoms with Gasteiger partial charge in [0.25, 0.3) is 0 Å². The summed E-state index contributed by atoms with van der Waals surface area (Å²) in [6.45, 7) is 0. The summed E-state index contributed by atoms with van der Waals surface area (Å²) in [5.41, 5.74) is 4.37. The number of benzene rings is 3. The maximum Gasteiger partial charge on any atom is 0.213 e. The number of ether oxygens (including phenoxy) is 1. The molecule has 0 N–H and O–H groups in total. The molecule has 0 aromatic heterocycles. The lowest BCUT2D eigenvalue weighted by Crippen LogP contribution is -2.33. The Kier molecular flexibility index (Phi) is 4.18. The highest BCUT2D eigenvalue weighted by Gasteiger charge is 2.41. The highest BCUT2D eigenvalue weighted by atomic mass is 79.9. The first-order valence-electron chi connectivity index (χ1n) is 8.82. The number of halogens is 2. The molecule has 0 saturated carbocycles. The van der Waals surface area contributed by atoms with Crippen LogP contribution in [0.4, 0.5) is 0 Å². The van der Waals surface area contributed by atoms with Gasteiger partial charge in [0, 0.05) is 27.0 Å². The van der Waals surface area contributed by atoms with E-state index in [1.807, 2.05) is 54.6 Å². The Bertz CT molecular complexity index is 1040. The minimum atomic E-state index is -0.302. The monoisotopic (exact) mass is 438 g/mol. The summed E-state index contributed by atoms with van der Waals surface area (Å²) in [4.78, 5) is 0. The fourth-order valence-corrected chi connectivity index (χ4v) is 4.32. The second-order valence-electron chi connectivity index (χ2n) is 6.72. The molecule has 0 fully saturated rings. The molecular formula is C22H16BrClN2O. The van der Waals surface area contributed by atoms with E-state index in [0.717, 1.165) is 39.0 Å². The normalized spacial score (nSPS) is 20.5. The van der Waals surface area contributed by atoms with Crippen molar-refractivity contribution >= 4 is 33.2 Å². The summed E-state index contributed by atoms with van der Waals surface area (Å²) < 4.78 is 7.41. The summed E-state index contributed by atoms with van der Waals surface area (Å²) >= 11 is 9.82. The zero-order chi connectivity index (χ0) is 18.4. The highest BCUT2D eigenvalue weighted by Crippen LogP contribution is 2.48. The number of nitrogens with zero attached hydrogens (tertiary/aromatic N) is 2. The van der Waals surface area contributed by atoms with Crippen LogP contribution in [-0.4, -0.2) is 10.7 Å². The number of hydrogen-bond acceptors (Lipinski definition) is 3. The number of hydrogen-bond donors (Lipinski definition) is 0. The molecule has 2 heterocycles. The molecule has 3 aromatic carbocycles. The predicted octanol–water partition coefficient (Wildman–Crippen LogP) is 6.34. The van der Waals surface area contributed by atoms with Crippen molar-refractivity contribution in [2.75, 3.05) is 0 Å². The SMILES string of the molecule is Clc1cccc([C@@H]2Oc3ccc(Br)cc3[C@H]3CC(c4ccccc4)=NN32)c1. The van der Waals surface area contributed by atoms with Crippen LogP contribution in [0.2, 0.25) is 5.02 Å². The van der Waals surface area contributed by atoms with Crippen LogP contribution in [0.15, 0.2) is 82.4 Å². The molecule has 0 radical (unpaired) electrons. The van der Waals surface area contributed by atoms with E-state index in [1.54, 1.807) is 0 Å². The maximum absolute atomic E-state index is 6.37. The van der Waals surface area contributed by atoms with Crippen LogP contribution in [-0.2, 0) is 0 Å². The standard InChI is InChI=1S/C22H16BrClN2O/c23-16-9-10-21-18(12-16)20-13-19(14-5-2-1-3-6-14)25-26(20)22(27-21)15-7-4-8-17(24)11-15/h1-12,20,22H,13H2/t20-,22+/m1/s1. The molecule has 0 spiro atoms. The molecule has 2 aliphatic heterocycles. The molecule has 0 unspecified atom stereocenters. The molecule has 5 heteroatoms. The van der Waals surface area contributed by atoms with Crippen LogP contribution >= 0.6 is 27.5 Å². The van der Waals surface area contributed by atoms with E-state index >= 15 is 0 Å². The molecule has 5 rings (SSSR count). The van der Waals surface area contributed by atoms with E-state index in [2.05, 4.69) is 39.1 Å². The number of fused-ring (bicyclic) bond motifs is 3. The lowest BCUT2D eigenvalue weighted by molar-refractivity contribution is -0.0190. The maximum atomic E-state index is 6.37. The van der Waals surface area contributed by atoms with E-state index in [9.17, 15) is 0 Å². The molecule has 3 nitrogen and oxygen atoms in total. The van der Waals surface area contributed by atoms with E-state index in [-0.39, 0.29) is 12.3 Å². The van der Waals surface area contributed by atoms with Crippen LogP contribution in [0, 0.1) is 0 Å². The second kappa shape index (κ2) is 6.70. The highest BCUT2D eigenvalue weighted by molar-refractivity contribution is 9.10. The van der Waals surface area contributed by atoms with Gasteiger partial charge in [0.2, 0.25) is 6.23 Å². The molecule has 0 aliphatic carbocycles. The molecule has 0 amide bonds. The van der Waals surface area contributed by atoms with Gasteiger partial charge < -0.3 is 4.74 Å². The van der Waals surface area contributed by atoms with Crippen molar-refractivity contribution in [1.29, 1.82) is 0 Å². The van der Waals surface area contributed by atoms with Gasteiger partial charge in [-0.1, -0.05) is 70.0 Å². The van der Waals surface area contributed by atoms with Crippen molar-refractivity contribution < 1.29 is 4.74 Å². The first kappa shape index (κ1) is 16.8. The van der Waals surface area contributed by atoms with E-state index in [1.165, 1.54) is 0 Å². The molecule has 0 saturated heterocycles. The fraction of sp³-hybridized carbons (Fsp3) is 0.136. The van der Waals surface area contributed by atoms with E-state index in [0.29, 0.717) is 5.02 Å². The van der Waals surface area contributed by atoms with Gasteiger partial charge in [-0.25, -0.2) is 5.01 Å². The number of rotatable bonds is 2. The third kappa shape index (κ3) is 3.03. The van der Waals surface area contributed by atoms with Gasteiger partial charge in [0.1, 0.15) is 5.75 Å². The smallest absolute Gasteiger partial charge is 0.213 e. The van der Waals surface area contributed by atoms with E-state index in [4.69, 9.17) is 21.4 Å². The topological polar surface area (TPSA) is 24.8 Å². The van der Waals surface area contributed by atoms with Gasteiger partial charge in [0.05, 0.1) is 11.8 Å². The third-order valence-electron chi connectivity index (χ3n) is 4.99. The van der Waals surface area contributed by atoms with Gasteiger partial charge in [-0.15, -0.1) is 0 Å². The van der Waals surface area contributed by atoms with Gasteiger partial charge >= 0.3 is 0 Å². The quantitative estimate of drug-likeness (QED) is 0.465. The largest absolute Gasteiger partial charge is 0.464 e. The van der Waals surface area contributed by atoms with Crippen LogP contribution < -0.4 is 4.74 Å². The second-order valence-corrected chi connectivity index (χ2v) is 8.07. The minimum absolute atomic E-state index is 0.130. The van der Waals surface area contributed by atoms with Gasteiger partial charge in [-0.05, 0) is 35.9 Å². The predicted molar refractivity (Wildman–Crippen MR) is 111 cm³/mol. The molecule has 27 heavy (non-hydrogen) atoms. The van der Waals surface area contributed by atoms with Gasteiger partial charge in [-0.2, -0.15) is 5.10 Å². The Morgan fingerprint density at radius 3 is 2.67 bits per heavy atom. The summed E-state index contributed by atoms with van der Waals surface area (Å²) in [6.07, 6.45) is 0.539. The van der Waals surface area contributed by atoms with Crippen molar-refractivity contribution in [3.05, 3.63) is 99.0 Å². The molecule has 134 valence electrons. The fourth-order valence-electron chi connectivity index (χ4n) is 3.74. The zero-order valence-corrected chi connectivity index (χ0v) is 16.7. The first-order valence-corrected chi connectivity index (χ1v) is 9.99. The minimum Gasteiger partial charge on any atom is -0.464 e. The van der Waals surface area contributed by atoms with Gasteiger partial charge in [-0.3, -0.25) is 0 Å². The van der Waals surface area contributed by atoms with Crippen LogP contribution in [0.3, 0.4) is 0 Å². The summed E-state index contributed by atoms with van der Waals surface area (Å²) in [7, 11) is 0. The summed E-state index contributed by atoms with van der Waals surface area (Å²) in [6, 6.07) is 24.4. The molecule has 2 aliphatic rings. The lowest BCUT2D eigenvalue weighted by Gasteiger charge is -2.38. The van der Waals surface area contributed by atoms with Crippen molar-refractivity contribution in [3.63, 3.8) is 0 Å². The Hall–Kier alpha value is -2.30.